The summed E-state index contributed by atoms with van der Waals surface area (Å²) in [6, 6.07) is 14.3. The SMILES string of the molecule is CCc1cc(-c2ccncc2F)ccc1NC(=O)C1COc2ccccc2O1. The monoisotopic (exact) mass is 378 g/mol. The summed E-state index contributed by atoms with van der Waals surface area (Å²) in [5.74, 6) is 0.512. The zero-order valence-electron chi connectivity index (χ0n) is 15.3. The van der Waals surface area contributed by atoms with Gasteiger partial charge in [0.1, 0.15) is 12.4 Å². The van der Waals surface area contributed by atoms with Gasteiger partial charge in [0, 0.05) is 17.4 Å². The number of para-hydroxylation sites is 2. The molecular formula is C22H19FN2O3. The van der Waals surface area contributed by atoms with E-state index in [1.54, 1.807) is 36.5 Å². The minimum Gasteiger partial charge on any atom is -0.485 e. The fourth-order valence-corrected chi connectivity index (χ4v) is 3.15. The molecule has 1 aliphatic heterocycles. The van der Waals surface area contributed by atoms with Crippen molar-refractivity contribution in [3.63, 3.8) is 0 Å². The Bertz CT molecular complexity index is 1020. The average Bonchev–Trinajstić information content (AvgIpc) is 2.74. The molecule has 0 spiro atoms. The van der Waals surface area contributed by atoms with Crippen LogP contribution in [0.25, 0.3) is 11.1 Å². The van der Waals surface area contributed by atoms with Crippen LogP contribution in [0.5, 0.6) is 11.5 Å². The zero-order chi connectivity index (χ0) is 19.5. The molecule has 0 saturated heterocycles. The maximum Gasteiger partial charge on any atom is 0.269 e. The molecular weight excluding hydrogens is 359 g/mol. The third kappa shape index (κ3) is 3.53. The Morgan fingerprint density at radius 3 is 2.82 bits per heavy atom. The van der Waals surface area contributed by atoms with E-state index < -0.39 is 6.10 Å². The maximum absolute atomic E-state index is 14.0. The lowest BCUT2D eigenvalue weighted by molar-refractivity contribution is -0.125. The summed E-state index contributed by atoms with van der Waals surface area (Å²) >= 11 is 0. The highest BCUT2D eigenvalue weighted by atomic mass is 19.1. The minimum atomic E-state index is -0.739. The Hall–Kier alpha value is -3.41. The lowest BCUT2D eigenvalue weighted by Crippen LogP contribution is -2.40. The molecule has 0 saturated carbocycles. The fraction of sp³-hybridized carbons (Fsp3) is 0.182. The summed E-state index contributed by atoms with van der Waals surface area (Å²) in [4.78, 5) is 16.5. The molecule has 1 aliphatic rings. The second kappa shape index (κ2) is 7.68. The molecule has 5 nitrogen and oxygen atoms in total. The zero-order valence-corrected chi connectivity index (χ0v) is 15.3. The number of carbonyl (C=O) groups is 1. The molecule has 142 valence electrons. The topological polar surface area (TPSA) is 60.5 Å². The van der Waals surface area contributed by atoms with Crippen molar-refractivity contribution in [1.29, 1.82) is 0 Å². The van der Waals surface area contributed by atoms with Crippen molar-refractivity contribution in [2.24, 2.45) is 0 Å². The first-order valence-electron chi connectivity index (χ1n) is 9.08. The minimum absolute atomic E-state index is 0.143. The predicted molar refractivity (Wildman–Crippen MR) is 104 cm³/mol. The highest BCUT2D eigenvalue weighted by Crippen LogP contribution is 2.32. The number of benzene rings is 2. The number of nitrogens with one attached hydrogen (secondary N) is 1. The third-order valence-electron chi connectivity index (χ3n) is 4.63. The van der Waals surface area contributed by atoms with Crippen LogP contribution in [0, 0.1) is 5.82 Å². The van der Waals surface area contributed by atoms with E-state index in [0.29, 0.717) is 29.2 Å². The van der Waals surface area contributed by atoms with Gasteiger partial charge >= 0.3 is 0 Å². The first-order chi connectivity index (χ1) is 13.7. The number of carbonyl (C=O) groups excluding carboxylic acids is 1. The van der Waals surface area contributed by atoms with Gasteiger partial charge in [-0.25, -0.2) is 4.39 Å². The first-order valence-corrected chi connectivity index (χ1v) is 9.08. The second-order valence-corrected chi connectivity index (χ2v) is 6.43. The highest BCUT2D eigenvalue weighted by molar-refractivity contribution is 5.95. The molecule has 2 heterocycles. The van der Waals surface area contributed by atoms with Crippen LogP contribution in [0.3, 0.4) is 0 Å². The van der Waals surface area contributed by atoms with Crippen LogP contribution in [-0.4, -0.2) is 23.6 Å². The number of aromatic nitrogens is 1. The molecule has 0 bridgehead atoms. The molecule has 1 unspecified atom stereocenters. The van der Waals surface area contributed by atoms with Crippen LogP contribution < -0.4 is 14.8 Å². The van der Waals surface area contributed by atoms with E-state index in [4.69, 9.17) is 9.47 Å². The van der Waals surface area contributed by atoms with E-state index in [1.165, 1.54) is 6.20 Å². The molecule has 28 heavy (non-hydrogen) atoms. The smallest absolute Gasteiger partial charge is 0.269 e. The van der Waals surface area contributed by atoms with E-state index in [-0.39, 0.29) is 18.3 Å². The largest absolute Gasteiger partial charge is 0.485 e. The van der Waals surface area contributed by atoms with Crippen LogP contribution in [0.4, 0.5) is 10.1 Å². The van der Waals surface area contributed by atoms with Gasteiger partial charge in [-0.05, 0) is 47.9 Å². The molecule has 1 aromatic heterocycles. The number of halogens is 1. The van der Waals surface area contributed by atoms with Gasteiger partial charge in [-0.2, -0.15) is 0 Å². The van der Waals surface area contributed by atoms with Gasteiger partial charge in [0.2, 0.25) is 6.10 Å². The van der Waals surface area contributed by atoms with Gasteiger partial charge in [-0.15, -0.1) is 0 Å². The number of aryl methyl sites for hydroxylation is 1. The number of pyridine rings is 1. The molecule has 0 aliphatic carbocycles. The van der Waals surface area contributed by atoms with Crippen LogP contribution >= 0.6 is 0 Å². The normalized spacial score (nSPS) is 15.1. The van der Waals surface area contributed by atoms with Crippen molar-refractivity contribution in [3.8, 4) is 22.6 Å². The Morgan fingerprint density at radius 1 is 1.21 bits per heavy atom. The first kappa shape index (κ1) is 18.0. The molecule has 1 atom stereocenters. The van der Waals surface area contributed by atoms with E-state index in [0.717, 1.165) is 11.1 Å². The number of ether oxygens (including phenoxy) is 2. The predicted octanol–water partition coefficient (Wildman–Crippen LogP) is 4.23. The molecule has 0 radical (unpaired) electrons. The van der Waals surface area contributed by atoms with E-state index in [1.807, 2.05) is 25.1 Å². The molecule has 3 aromatic rings. The van der Waals surface area contributed by atoms with Gasteiger partial charge < -0.3 is 14.8 Å². The number of rotatable bonds is 4. The van der Waals surface area contributed by atoms with Crippen molar-refractivity contribution >= 4 is 11.6 Å². The molecule has 1 N–H and O–H groups in total. The number of hydrogen-bond acceptors (Lipinski definition) is 4. The number of fused-ring (bicyclic) bond motifs is 1. The number of hydrogen-bond donors (Lipinski definition) is 1. The molecule has 4 rings (SSSR count). The van der Waals surface area contributed by atoms with Crippen molar-refractivity contribution in [1.82, 2.24) is 4.98 Å². The highest BCUT2D eigenvalue weighted by Gasteiger charge is 2.27. The summed E-state index contributed by atoms with van der Waals surface area (Å²) in [6.45, 7) is 2.12. The van der Waals surface area contributed by atoms with Crippen molar-refractivity contribution in [3.05, 3.63) is 72.3 Å². The standard InChI is InChI=1S/C22H19FN2O3/c1-2-14-11-15(16-9-10-24-12-17(16)23)7-8-18(14)25-22(26)21-13-27-19-5-3-4-6-20(19)28-21/h3-12,21H,2,13H2,1H3,(H,25,26). The Labute approximate surface area is 162 Å². The van der Waals surface area contributed by atoms with Crippen molar-refractivity contribution < 1.29 is 18.7 Å². The van der Waals surface area contributed by atoms with Gasteiger partial charge in [-0.3, -0.25) is 9.78 Å². The van der Waals surface area contributed by atoms with Crippen LogP contribution in [0.1, 0.15) is 12.5 Å². The second-order valence-electron chi connectivity index (χ2n) is 6.43. The van der Waals surface area contributed by atoms with Crippen LogP contribution in [0.15, 0.2) is 60.9 Å². The maximum atomic E-state index is 14.0. The third-order valence-corrected chi connectivity index (χ3v) is 4.63. The number of anilines is 1. The van der Waals surface area contributed by atoms with Crippen LogP contribution in [-0.2, 0) is 11.2 Å². The molecule has 1 amide bonds. The quantitative estimate of drug-likeness (QED) is 0.738. The summed E-state index contributed by atoms with van der Waals surface area (Å²) in [5, 5.41) is 2.91. The van der Waals surface area contributed by atoms with Gasteiger partial charge in [-0.1, -0.05) is 25.1 Å². The molecule has 0 fully saturated rings. The van der Waals surface area contributed by atoms with Gasteiger partial charge in [0.15, 0.2) is 11.5 Å². The Morgan fingerprint density at radius 2 is 2.04 bits per heavy atom. The van der Waals surface area contributed by atoms with E-state index >= 15 is 0 Å². The van der Waals surface area contributed by atoms with Crippen molar-refractivity contribution in [2.75, 3.05) is 11.9 Å². The van der Waals surface area contributed by atoms with Gasteiger partial charge in [0.05, 0.1) is 6.20 Å². The molecule has 2 aromatic carbocycles. The van der Waals surface area contributed by atoms with E-state index in [9.17, 15) is 9.18 Å². The number of nitrogens with zero attached hydrogens (tertiary/aromatic N) is 1. The fourth-order valence-electron chi connectivity index (χ4n) is 3.15. The lowest BCUT2D eigenvalue weighted by Gasteiger charge is -2.26. The number of amides is 1. The Kier molecular flexibility index (Phi) is 4.93. The molecule has 6 heteroatoms. The lowest BCUT2D eigenvalue weighted by atomic mass is 10.0. The van der Waals surface area contributed by atoms with Gasteiger partial charge in [0.25, 0.3) is 5.91 Å². The summed E-state index contributed by atoms with van der Waals surface area (Å²) in [6.07, 6.45) is 2.69. The summed E-state index contributed by atoms with van der Waals surface area (Å²) < 4.78 is 25.4. The summed E-state index contributed by atoms with van der Waals surface area (Å²) in [7, 11) is 0. The van der Waals surface area contributed by atoms with E-state index in [2.05, 4.69) is 10.3 Å². The average molecular weight is 378 g/mol. The van der Waals surface area contributed by atoms with Crippen LogP contribution in [0.2, 0.25) is 0 Å². The Balaban J connectivity index is 1.53. The summed E-state index contributed by atoms with van der Waals surface area (Å²) in [5.41, 5.74) is 2.79. The van der Waals surface area contributed by atoms with Crippen molar-refractivity contribution in [2.45, 2.75) is 19.4 Å².